The van der Waals surface area contributed by atoms with Crippen molar-refractivity contribution in [2.75, 3.05) is 18.0 Å². The molecule has 0 aromatic carbocycles. The van der Waals surface area contributed by atoms with E-state index in [-0.39, 0.29) is 5.56 Å². The summed E-state index contributed by atoms with van der Waals surface area (Å²) in [4.78, 5) is 23.1. The number of hydrogen-bond donors (Lipinski definition) is 0. The van der Waals surface area contributed by atoms with E-state index in [1.54, 1.807) is 17.0 Å². The standard InChI is InChI=1S/C15H20N4O/c1-2-8-19-13(20)7-6-12-14(16-11-17-15(12)19)18-9-4-3-5-10-18/h6-7,11H,2-5,8-10H2,1H3. The van der Waals surface area contributed by atoms with Crippen LogP contribution >= 0.6 is 0 Å². The zero-order chi connectivity index (χ0) is 13.9. The second-order valence-electron chi connectivity index (χ2n) is 5.31. The number of pyridine rings is 1. The first kappa shape index (κ1) is 13.1. The van der Waals surface area contributed by atoms with E-state index in [0.717, 1.165) is 36.4 Å². The lowest BCUT2D eigenvalue weighted by Crippen LogP contribution is -2.31. The zero-order valence-electron chi connectivity index (χ0n) is 11.9. The number of fused-ring (bicyclic) bond motifs is 1. The van der Waals surface area contributed by atoms with Gasteiger partial charge in [0, 0.05) is 25.7 Å². The predicted octanol–water partition coefficient (Wildman–Crippen LogP) is 2.19. The number of aromatic nitrogens is 3. The molecule has 1 fully saturated rings. The van der Waals surface area contributed by atoms with Crippen LogP contribution in [0.4, 0.5) is 5.82 Å². The number of piperidine rings is 1. The van der Waals surface area contributed by atoms with Crippen molar-refractivity contribution >= 4 is 16.9 Å². The molecule has 0 radical (unpaired) electrons. The van der Waals surface area contributed by atoms with Crippen LogP contribution in [0.15, 0.2) is 23.3 Å². The first-order valence-corrected chi connectivity index (χ1v) is 7.41. The van der Waals surface area contributed by atoms with Crippen molar-refractivity contribution in [2.24, 2.45) is 0 Å². The van der Waals surface area contributed by atoms with Gasteiger partial charge in [0.05, 0.1) is 5.39 Å². The Morgan fingerprint density at radius 1 is 1.15 bits per heavy atom. The molecule has 3 heterocycles. The topological polar surface area (TPSA) is 51.0 Å². The van der Waals surface area contributed by atoms with Crippen LogP contribution in [0.25, 0.3) is 11.0 Å². The van der Waals surface area contributed by atoms with Crippen molar-refractivity contribution < 1.29 is 0 Å². The molecule has 5 heteroatoms. The molecule has 0 aliphatic carbocycles. The van der Waals surface area contributed by atoms with Crippen LogP contribution in [-0.2, 0) is 6.54 Å². The summed E-state index contributed by atoms with van der Waals surface area (Å²) in [6.07, 6.45) is 6.21. The Balaban J connectivity index is 2.14. The molecule has 2 aromatic heterocycles. The Hall–Kier alpha value is -1.91. The quantitative estimate of drug-likeness (QED) is 0.859. The molecule has 0 atom stereocenters. The predicted molar refractivity (Wildman–Crippen MR) is 80.2 cm³/mol. The summed E-state index contributed by atoms with van der Waals surface area (Å²) in [5.41, 5.74) is 0.776. The molecule has 0 N–H and O–H groups in total. The molecule has 0 bridgehead atoms. The third-order valence-corrected chi connectivity index (χ3v) is 3.86. The Labute approximate surface area is 118 Å². The van der Waals surface area contributed by atoms with Crippen LogP contribution in [0.5, 0.6) is 0 Å². The van der Waals surface area contributed by atoms with Gasteiger partial charge >= 0.3 is 0 Å². The minimum absolute atomic E-state index is 0.0163. The average molecular weight is 272 g/mol. The van der Waals surface area contributed by atoms with Gasteiger partial charge in [-0.05, 0) is 31.7 Å². The van der Waals surface area contributed by atoms with E-state index >= 15 is 0 Å². The second-order valence-corrected chi connectivity index (χ2v) is 5.31. The van der Waals surface area contributed by atoms with Gasteiger partial charge in [0.1, 0.15) is 17.8 Å². The van der Waals surface area contributed by atoms with Crippen LogP contribution in [0.1, 0.15) is 32.6 Å². The molecule has 106 valence electrons. The van der Waals surface area contributed by atoms with Gasteiger partial charge in [-0.3, -0.25) is 9.36 Å². The average Bonchev–Trinajstić information content (AvgIpc) is 2.50. The summed E-state index contributed by atoms with van der Waals surface area (Å²) in [6, 6.07) is 3.50. The van der Waals surface area contributed by atoms with Gasteiger partial charge < -0.3 is 4.90 Å². The summed E-state index contributed by atoms with van der Waals surface area (Å²) >= 11 is 0. The van der Waals surface area contributed by atoms with Gasteiger partial charge in [0.25, 0.3) is 5.56 Å². The molecule has 0 saturated carbocycles. The van der Waals surface area contributed by atoms with Gasteiger partial charge in [0.2, 0.25) is 0 Å². The summed E-state index contributed by atoms with van der Waals surface area (Å²) in [7, 11) is 0. The third kappa shape index (κ3) is 2.28. The molecule has 5 nitrogen and oxygen atoms in total. The Morgan fingerprint density at radius 2 is 1.95 bits per heavy atom. The summed E-state index contributed by atoms with van der Waals surface area (Å²) < 4.78 is 1.75. The molecule has 20 heavy (non-hydrogen) atoms. The summed E-state index contributed by atoms with van der Waals surface area (Å²) in [6.45, 7) is 4.85. The molecule has 1 aliphatic rings. The van der Waals surface area contributed by atoms with Gasteiger partial charge in [-0.15, -0.1) is 0 Å². The van der Waals surface area contributed by atoms with E-state index in [2.05, 4.69) is 21.8 Å². The maximum atomic E-state index is 12.0. The van der Waals surface area contributed by atoms with Crippen LogP contribution < -0.4 is 10.5 Å². The summed E-state index contributed by atoms with van der Waals surface area (Å²) in [5, 5.41) is 0.988. The van der Waals surface area contributed by atoms with Crippen LogP contribution in [0, 0.1) is 0 Å². The minimum Gasteiger partial charge on any atom is -0.356 e. The Morgan fingerprint density at radius 3 is 2.70 bits per heavy atom. The lowest BCUT2D eigenvalue weighted by molar-refractivity contribution is 0.574. The van der Waals surface area contributed by atoms with Crippen molar-refractivity contribution in [3.05, 3.63) is 28.8 Å². The van der Waals surface area contributed by atoms with E-state index in [1.165, 1.54) is 19.3 Å². The van der Waals surface area contributed by atoms with Crippen molar-refractivity contribution in [3.63, 3.8) is 0 Å². The van der Waals surface area contributed by atoms with Crippen molar-refractivity contribution in [2.45, 2.75) is 39.2 Å². The molecular weight excluding hydrogens is 252 g/mol. The second kappa shape index (κ2) is 5.61. The van der Waals surface area contributed by atoms with E-state index in [0.29, 0.717) is 6.54 Å². The van der Waals surface area contributed by atoms with E-state index in [4.69, 9.17) is 0 Å². The highest BCUT2D eigenvalue weighted by molar-refractivity contribution is 5.87. The van der Waals surface area contributed by atoms with E-state index < -0.39 is 0 Å². The normalized spacial score (nSPS) is 15.8. The number of anilines is 1. The van der Waals surface area contributed by atoms with E-state index in [9.17, 15) is 4.79 Å². The fourth-order valence-electron chi connectivity index (χ4n) is 2.89. The molecule has 0 amide bonds. The van der Waals surface area contributed by atoms with Crippen LogP contribution in [-0.4, -0.2) is 27.6 Å². The van der Waals surface area contributed by atoms with Gasteiger partial charge in [-0.2, -0.15) is 0 Å². The number of aryl methyl sites for hydroxylation is 1. The molecule has 0 unspecified atom stereocenters. The maximum absolute atomic E-state index is 12.0. The number of hydrogen-bond acceptors (Lipinski definition) is 4. The summed E-state index contributed by atoms with van der Waals surface area (Å²) in [5.74, 6) is 0.972. The molecule has 0 spiro atoms. The van der Waals surface area contributed by atoms with Gasteiger partial charge in [0.15, 0.2) is 0 Å². The Kier molecular flexibility index (Phi) is 3.67. The highest BCUT2D eigenvalue weighted by atomic mass is 16.1. The molecule has 1 saturated heterocycles. The molecule has 2 aromatic rings. The van der Waals surface area contributed by atoms with Gasteiger partial charge in [-0.25, -0.2) is 9.97 Å². The van der Waals surface area contributed by atoms with E-state index in [1.807, 2.05) is 6.07 Å². The molecular formula is C15H20N4O. The maximum Gasteiger partial charge on any atom is 0.252 e. The van der Waals surface area contributed by atoms with Crippen molar-refractivity contribution in [1.82, 2.24) is 14.5 Å². The Bertz CT molecular complexity index is 658. The lowest BCUT2D eigenvalue weighted by atomic mass is 10.1. The van der Waals surface area contributed by atoms with Crippen LogP contribution in [0.2, 0.25) is 0 Å². The highest BCUT2D eigenvalue weighted by Gasteiger charge is 2.16. The molecule has 1 aliphatic heterocycles. The van der Waals surface area contributed by atoms with Crippen molar-refractivity contribution in [1.29, 1.82) is 0 Å². The first-order chi connectivity index (χ1) is 9.81. The zero-order valence-corrected chi connectivity index (χ0v) is 11.9. The SMILES string of the molecule is CCCn1c(=O)ccc2c(N3CCCCC3)ncnc21. The lowest BCUT2D eigenvalue weighted by Gasteiger charge is -2.28. The highest BCUT2D eigenvalue weighted by Crippen LogP contribution is 2.24. The number of nitrogens with zero attached hydrogens (tertiary/aromatic N) is 4. The van der Waals surface area contributed by atoms with Crippen LogP contribution in [0.3, 0.4) is 0 Å². The van der Waals surface area contributed by atoms with Crippen molar-refractivity contribution in [3.8, 4) is 0 Å². The monoisotopic (exact) mass is 272 g/mol. The largest absolute Gasteiger partial charge is 0.356 e. The fraction of sp³-hybridized carbons (Fsp3) is 0.533. The fourth-order valence-corrected chi connectivity index (χ4v) is 2.89. The third-order valence-electron chi connectivity index (χ3n) is 3.86. The number of rotatable bonds is 3. The first-order valence-electron chi connectivity index (χ1n) is 7.41. The van der Waals surface area contributed by atoms with Gasteiger partial charge in [-0.1, -0.05) is 6.92 Å². The smallest absolute Gasteiger partial charge is 0.252 e. The minimum atomic E-state index is 0.0163. The molecule has 3 rings (SSSR count).